The van der Waals surface area contributed by atoms with Crippen LogP contribution in [0.5, 0.6) is 0 Å². The third kappa shape index (κ3) is 2.99. The summed E-state index contributed by atoms with van der Waals surface area (Å²) in [6.45, 7) is 1.71. The Labute approximate surface area is 118 Å². The minimum absolute atomic E-state index is 0.00561. The van der Waals surface area contributed by atoms with Gasteiger partial charge in [-0.25, -0.2) is 26.0 Å². The van der Waals surface area contributed by atoms with Crippen molar-refractivity contribution < 1.29 is 26.0 Å². The van der Waals surface area contributed by atoms with Crippen molar-refractivity contribution in [3.8, 4) is 0 Å². The molecule has 8 heteroatoms. The van der Waals surface area contributed by atoms with Crippen molar-refractivity contribution in [3.05, 3.63) is 59.2 Å². The highest BCUT2D eigenvalue weighted by Crippen LogP contribution is 2.26. The fourth-order valence-corrected chi connectivity index (χ4v) is 2.63. The molecule has 0 bridgehead atoms. The summed E-state index contributed by atoms with van der Waals surface area (Å²) in [5, 5.41) is 0. The third-order valence-electron chi connectivity index (χ3n) is 2.68. The molecule has 0 saturated carbocycles. The molecule has 0 aliphatic rings. The van der Waals surface area contributed by atoms with Gasteiger partial charge < -0.3 is 0 Å². The molecule has 21 heavy (non-hydrogen) atoms. The van der Waals surface area contributed by atoms with Gasteiger partial charge in [0.1, 0.15) is 5.69 Å². The topological polar surface area (TPSA) is 46.2 Å². The van der Waals surface area contributed by atoms with Crippen molar-refractivity contribution in [2.24, 2.45) is 0 Å². The van der Waals surface area contributed by atoms with Crippen molar-refractivity contribution in [1.82, 2.24) is 0 Å². The second-order valence-electron chi connectivity index (χ2n) is 4.26. The molecule has 2 rings (SSSR count). The van der Waals surface area contributed by atoms with Crippen molar-refractivity contribution in [2.45, 2.75) is 11.8 Å². The Kier molecular flexibility index (Phi) is 3.91. The van der Waals surface area contributed by atoms with Crippen molar-refractivity contribution in [3.63, 3.8) is 0 Å². The SMILES string of the molecule is Cc1ccc(S(=O)(=O)Nc2c(F)c(F)cc(F)c2F)cc1. The molecular weight excluding hydrogens is 310 g/mol. The zero-order valence-electron chi connectivity index (χ0n) is 10.6. The predicted octanol–water partition coefficient (Wildman–Crippen LogP) is 3.35. The number of nitrogens with one attached hydrogen (secondary N) is 1. The molecule has 112 valence electrons. The smallest absolute Gasteiger partial charge is 0.262 e. The summed E-state index contributed by atoms with van der Waals surface area (Å²) < 4.78 is 78.4. The molecule has 1 N–H and O–H groups in total. The molecule has 0 aliphatic heterocycles. The molecule has 0 unspecified atom stereocenters. The lowest BCUT2D eigenvalue weighted by atomic mass is 10.2. The van der Waals surface area contributed by atoms with Crippen LogP contribution < -0.4 is 4.72 Å². The third-order valence-corrected chi connectivity index (χ3v) is 4.05. The van der Waals surface area contributed by atoms with E-state index in [-0.39, 0.29) is 11.0 Å². The first-order chi connectivity index (χ1) is 9.72. The number of hydrogen-bond acceptors (Lipinski definition) is 2. The number of anilines is 1. The van der Waals surface area contributed by atoms with Gasteiger partial charge in [0.25, 0.3) is 10.0 Å². The first-order valence-electron chi connectivity index (χ1n) is 5.65. The van der Waals surface area contributed by atoms with Crippen LogP contribution in [0.2, 0.25) is 0 Å². The van der Waals surface area contributed by atoms with E-state index in [1.54, 1.807) is 6.92 Å². The highest BCUT2D eigenvalue weighted by molar-refractivity contribution is 7.92. The zero-order valence-corrected chi connectivity index (χ0v) is 11.4. The van der Waals surface area contributed by atoms with Crippen LogP contribution in [0.1, 0.15) is 5.56 Å². The second kappa shape index (κ2) is 5.36. The summed E-state index contributed by atoms with van der Waals surface area (Å²) in [6, 6.07) is 5.32. The van der Waals surface area contributed by atoms with E-state index in [4.69, 9.17) is 0 Å². The fraction of sp³-hybridized carbons (Fsp3) is 0.0769. The summed E-state index contributed by atoms with van der Waals surface area (Å²) in [5.74, 6) is -7.03. The number of hydrogen-bond donors (Lipinski definition) is 1. The standard InChI is InChI=1S/C13H9F4NO2S/c1-7-2-4-8(5-3-7)21(19,20)18-13-11(16)9(14)6-10(15)12(13)17/h2-6,18H,1H3. The van der Waals surface area contributed by atoms with Crippen LogP contribution in [-0.2, 0) is 10.0 Å². The first-order valence-corrected chi connectivity index (χ1v) is 7.13. The molecule has 0 aliphatic carbocycles. The molecule has 0 amide bonds. The van der Waals surface area contributed by atoms with Gasteiger partial charge in [-0.05, 0) is 19.1 Å². The van der Waals surface area contributed by atoms with Crippen LogP contribution in [0.3, 0.4) is 0 Å². The van der Waals surface area contributed by atoms with E-state index in [0.717, 1.165) is 5.56 Å². The number of aryl methyl sites for hydroxylation is 1. The van der Waals surface area contributed by atoms with Gasteiger partial charge in [0, 0.05) is 6.07 Å². The Morgan fingerprint density at radius 3 is 1.86 bits per heavy atom. The average molecular weight is 319 g/mol. The molecule has 3 nitrogen and oxygen atoms in total. The quantitative estimate of drug-likeness (QED) is 0.696. The molecule has 0 atom stereocenters. The summed E-state index contributed by atoms with van der Waals surface area (Å²) in [5.41, 5.74) is -0.629. The number of halogens is 4. The summed E-state index contributed by atoms with van der Waals surface area (Å²) >= 11 is 0. The highest BCUT2D eigenvalue weighted by atomic mass is 32.2. The van der Waals surface area contributed by atoms with E-state index in [0.29, 0.717) is 0 Å². The Morgan fingerprint density at radius 1 is 0.905 bits per heavy atom. The van der Waals surface area contributed by atoms with Gasteiger partial charge in [0.2, 0.25) is 0 Å². The molecule has 2 aromatic rings. The maximum Gasteiger partial charge on any atom is 0.262 e. The van der Waals surface area contributed by atoms with Crippen molar-refractivity contribution in [1.29, 1.82) is 0 Å². The van der Waals surface area contributed by atoms with E-state index in [9.17, 15) is 26.0 Å². The maximum atomic E-state index is 13.4. The van der Waals surface area contributed by atoms with Crippen LogP contribution in [0.25, 0.3) is 0 Å². The minimum atomic E-state index is -4.37. The van der Waals surface area contributed by atoms with Gasteiger partial charge >= 0.3 is 0 Å². The van der Waals surface area contributed by atoms with E-state index >= 15 is 0 Å². The van der Waals surface area contributed by atoms with E-state index < -0.39 is 39.0 Å². The molecule has 0 aromatic heterocycles. The normalized spacial score (nSPS) is 11.5. The first kappa shape index (κ1) is 15.3. The Bertz CT molecular complexity index is 763. The number of sulfonamides is 1. The molecule has 0 spiro atoms. The second-order valence-corrected chi connectivity index (χ2v) is 5.94. The van der Waals surface area contributed by atoms with Crippen LogP contribution >= 0.6 is 0 Å². The molecule has 0 heterocycles. The number of benzene rings is 2. The maximum absolute atomic E-state index is 13.4. The lowest BCUT2D eigenvalue weighted by Crippen LogP contribution is -2.16. The van der Waals surface area contributed by atoms with E-state index in [1.807, 2.05) is 0 Å². The van der Waals surface area contributed by atoms with Crippen molar-refractivity contribution >= 4 is 15.7 Å². The summed E-state index contributed by atoms with van der Waals surface area (Å²) in [6.07, 6.45) is 0. The average Bonchev–Trinajstić information content (AvgIpc) is 2.42. The van der Waals surface area contributed by atoms with Crippen LogP contribution in [0.15, 0.2) is 35.2 Å². The monoisotopic (exact) mass is 319 g/mol. The van der Waals surface area contributed by atoms with Gasteiger partial charge in [-0.3, -0.25) is 4.72 Å². The van der Waals surface area contributed by atoms with E-state index in [2.05, 4.69) is 0 Å². The van der Waals surface area contributed by atoms with Gasteiger partial charge in [0.15, 0.2) is 23.3 Å². The molecule has 2 aromatic carbocycles. The fourth-order valence-electron chi connectivity index (χ4n) is 1.57. The Morgan fingerprint density at radius 2 is 1.38 bits per heavy atom. The van der Waals surface area contributed by atoms with Gasteiger partial charge in [-0.2, -0.15) is 0 Å². The minimum Gasteiger partial charge on any atom is -0.274 e. The Hall–Kier alpha value is -2.09. The van der Waals surface area contributed by atoms with Crippen LogP contribution in [-0.4, -0.2) is 8.42 Å². The number of rotatable bonds is 3. The lowest BCUT2D eigenvalue weighted by Gasteiger charge is -2.11. The molecule has 0 radical (unpaired) electrons. The van der Waals surface area contributed by atoms with E-state index in [1.165, 1.54) is 29.0 Å². The van der Waals surface area contributed by atoms with Gasteiger partial charge in [0.05, 0.1) is 4.90 Å². The lowest BCUT2D eigenvalue weighted by molar-refractivity contribution is 0.459. The summed E-state index contributed by atoms with van der Waals surface area (Å²) in [4.78, 5) is -0.295. The van der Waals surface area contributed by atoms with Crippen LogP contribution in [0.4, 0.5) is 23.2 Å². The largest absolute Gasteiger partial charge is 0.274 e. The van der Waals surface area contributed by atoms with Crippen LogP contribution in [0, 0.1) is 30.2 Å². The molecule has 0 saturated heterocycles. The summed E-state index contributed by atoms with van der Waals surface area (Å²) in [7, 11) is -4.37. The zero-order chi connectivity index (χ0) is 15.8. The van der Waals surface area contributed by atoms with Gasteiger partial charge in [-0.15, -0.1) is 0 Å². The van der Waals surface area contributed by atoms with Gasteiger partial charge in [-0.1, -0.05) is 17.7 Å². The van der Waals surface area contributed by atoms with Crippen molar-refractivity contribution in [2.75, 3.05) is 4.72 Å². The molecule has 0 fully saturated rings. The molecular formula is C13H9F4NO2S. The highest BCUT2D eigenvalue weighted by Gasteiger charge is 2.24. The Balaban J connectivity index is 2.49. The predicted molar refractivity (Wildman–Crippen MR) is 68.3 cm³/mol.